The molecule has 26 heavy (non-hydrogen) atoms. The summed E-state index contributed by atoms with van der Waals surface area (Å²) in [6.07, 6.45) is 2.54. The van der Waals surface area contributed by atoms with Gasteiger partial charge in [0.2, 0.25) is 11.8 Å². The van der Waals surface area contributed by atoms with Crippen molar-refractivity contribution in [2.24, 2.45) is 5.92 Å². The molecule has 5 nitrogen and oxygen atoms in total. The van der Waals surface area contributed by atoms with Gasteiger partial charge in [-0.2, -0.15) is 0 Å². The Labute approximate surface area is 153 Å². The third kappa shape index (κ3) is 3.78. The van der Waals surface area contributed by atoms with Gasteiger partial charge in [0, 0.05) is 11.6 Å². The maximum absolute atomic E-state index is 5.82. The van der Waals surface area contributed by atoms with Crippen LogP contribution in [0.2, 0.25) is 0 Å². The topological polar surface area (TPSA) is 60.2 Å². The summed E-state index contributed by atoms with van der Waals surface area (Å²) in [5, 5.41) is 12.0. The van der Waals surface area contributed by atoms with E-state index < -0.39 is 0 Å². The van der Waals surface area contributed by atoms with Crippen LogP contribution in [-0.4, -0.2) is 17.3 Å². The van der Waals surface area contributed by atoms with Gasteiger partial charge < -0.3 is 14.5 Å². The van der Waals surface area contributed by atoms with E-state index >= 15 is 0 Å². The molecule has 1 N–H and O–H groups in total. The zero-order valence-corrected chi connectivity index (χ0v) is 15.1. The maximum Gasteiger partial charge on any atom is 0.247 e. The van der Waals surface area contributed by atoms with Crippen molar-refractivity contribution in [3.05, 3.63) is 65.5 Å². The van der Waals surface area contributed by atoms with Crippen LogP contribution in [0.5, 0.6) is 5.75 Å². The van der Waals surface area contributed by atoms with Crippen molar-refractivity contribution in [2.75, 3.05) is 7.11 Å². The van der Waals surface area contributed by atoms with Crippen LogP contribution >= 0.6 is 0 Å². The quantitative estimate of drug-likeness (QED) is 0.689. The molecule has 0 spiro atoms. The molecule has 1 unspecified atom stereocenters. The fraction of sp³-hybridized carbons (Fsp3) is 0.333. The SMILES string of the molecule is COc1ccc(-c2nnc(CNC(c3ccc(C)cc3)C3CC3)o2)cc1. The van der Waals surface area contributed by atoms with Gasteiger partial charge in [-0.25, -0.2) is 0 Å². The number of rotatable bonds is 7. The minimum absolute atomic E-state index is 0.340. The Balaban J connectivity index is 1.43. The number of nitrogens with one attached hydrogen (secondary N) is 1. The van der Waals surface area contributed by atoms with Crippen LogP contribution in [0.15, 0.2) is 52.9 Å². The molecule has 1 fully saturated rings. The Bertz CT molecular complexity index is 852. The summed E-state index contributed by atoms with van der Waals surface area (Å²) >= 11 is 0. The molecule has 1 aliphatic rings. The van der Waals surface area contributed by atoms with E-state index in [0.29, 0.717) is 30.3 Å². The molecule has 3 aromatic rings. The zero-order valence-electron chi connectivity index (χ0n) is 15.1. The number of aryl methyl sites for hydroxylation is 1. The highest BCUT2D eigenvalue weighted by Gasteiger charge is 2.32. The van der Waals surface area contributed by atoms with E-state index in [2.05, 4.69) is 46.7 Å². The average Bonchev–Trinajstić information content (AvgIpc) is 3.40. The third-order valence-corrected chi connectivity index (χ3v) is 4.81. The summed E-state index contributed by atoms with van der Waals surface area (Å²) in [7, 11) is 1.65. The largest absolute Gasteiger partial charge is 0.497 e. The molecule has 1 atom stereocenters. The molecule has 1 aliphatic carbocycles. The van der Waals surface area contributed by atoms with Gasteiger partial charge in [0.05, 0.1) is 13.7 Å². The zero-order chi connectivity index (χ0) is 17.9. The molecule has 0 aliphatic heterocycles. The number of hydrogen-bond acceptors (Lipinski definition) is 5. The van der Waals surface area contributed by atoms with E-state index in [4.69, 9.17) is 9.15 Å². The molecule has 0 saturated heterocycles. The predicted molar refractivity (Wildman–Crippen MR) is 99.8 cm³/mol. The first-order valence-electron chi connectivity index (χ1n) is 8.99. The van der Waals surface area contributed by atoms with Gasteiger partial charge in [-0.05, 0) is 55.5 Å². The highest BCUT2D eigenvalue weighted by Crippen LogP contribution is 2.41. The summed E-state index contributed by atoms with van der Waals surface area (Å²) in [4.78, 5) is 0. The van der Waals surface area contributed by atoms with Crippen molar-refractivity contribution in [2.45, 2.75) is 32.4 Å². The summed E-state index contributed by atoms with van der Waals surface area (Å²) in [6.45, 7) is 2.68. The lowest BCUT2D eigenvalue weighted by Crippen LogP contribution is -2.22. The number of ether oxygens (including phenoxy) is 1. The smallest absolute Gasteiger partial charge is 0.247 e. The molecule has 134 valence electrons. The first kappa shape index (κ1) is 16.8. The fourth-order valence-electron chi connectivity index (χ4n) is 3.13. The lowest BCUT2D eigenvalue weighted by atomic mass is 10.0. The highest BCUT2D eigenvalue weighted by atomic mass is 16.5. The van der Waals surface area contributed by atoms with Crippen molar-refractivity contribution >= 4 is 0 Å². The van der Waals surface area contributed by atoms with Crippen LogP contribution in [0.3, 0.4) is 0 Å². The molecule has 0 radical (unpaired) electrons. The van der Waals surface area contributed by atoms with Gasteiger partial charge in [-0.3, -0.25) is 0 Å². The molecule has 2 aromatic carbocycles. The van der Waals surface area contributed by atoms with Crippen molar-refractivity contribution in [1.29, 1.82) is 0 Å². The normalized spacial score (nSPS) is 15.0. The minimum atomic E-state index is 0.340. The molecule has 0 bridgehead atoms. The lowest BCUT2D eigenvalue weighted by molar-refractivity contribution is 0.414. The molecule has 1 saturated carbocycles. The summed E-state index contributed by atoms with van der Waals surface area (Å²) in [5.74, 6) is 2.64. The van der Waals surface area contributed by atoms with E-state index in [1.165, 1.54) is 24.0 Å². The van der Waals surface area contributed by atoms with Crippen LogP contribution in [0.4, 0.5) is 0 Å². The minimum Gasteiger partial charge on any atom is -0.497 e. The van der Waals surface area contributed by atoms with E-state index in [1.807, 2.05) is 24.3 Å². The van der Waals surface area contributed by atoms with Crippen molar-refractivity contribution in [3.8, 4) is 17.2 Å². The number of aromatic nitrogens is 2. The van der Waals surface area contributed by atoms with Gasteiger partial charge in [-0.15, -0.1) is 10.2 Å². The van der Waals surface area contributed by atoms with Crippen molar-refractivity contribution in [1.82, 2.24) is 15.5 Å². The Kier molecular flexibility index (Phi) is 4.71. The monoisotopic (exact) mass is 349 g/mol. The number of methoxy groups -OCH3 is 1. The van der Waals surface area contributed by atoms with Crippen LogP contribution in [0.1, 0.15) is 35.9 Å². The van der Waals surface area contributed by atoms with Gasteiger partial charge in [0.25, 0.3) is 0 Å². The fourth-order valence-corrected chi connectivity index (χ4v) is 3.13. The predicted octanol–water partition coefficient (Wildman–Crippen LogP) is 4.29. The van der Waals surface area contributed by atoms with E-state index in [9.17, 15) is 0 Å². The first-order valence-corrected chi connectivity index (χ1v) is 8.99. The maximum atomic E-state index is 5.82. The molecule has 1 heterocycles. The Morgan fingerprint density at radius 3 is 2.46 bits per heavy atom. The van der Waals surface area contributed by atoms with Crippen molar-refractivity contribution in [3.63, 3.8) is 0 Å². The van der Waals surface area contributed by atoms with Gasteiger partial charge in [0.1, 0.15) is 5.75 Å². The Hall–Kier alpha value is -2.66. The second kappa shape index (κ2) is 7.30. The molecular formula is C21H23N3O2. The highest BCUT2D eigenvalue weighted by molar-refractivity contribution is 5.53. The Morgan fingerprint density at radius 1 is 1.08 bits per heavy atom. The second-order valence-electron chi connectivity index (χ2n) is 6.84. The average molecular weight is 349 g/mol. The number of benzene rings is 2. The lowest BCUT2D eigenvalue weighted by Gasteiger charge is -2.18. The van der Waals surface area contributed by atoms with Crippen molar-refractivity contribution < 1.29 is 9.15 Å². The first-order chi connectivity index (χ1) is 12.7. The Morgan fingerprint density at radius 2 is 1.81 bits per heavy atom. The van der Waals surface area contributed by atoms with Crippen LogP contribution in [-0.2, 0) is 6.54 Å². The number of nitrogens with zero attached hydrogens (tertiary/aromatic N) is 2. The molecule has 4 rings (SSSR count). The van der Waals surface area contributed by atoms with Gasteiger partial charge in [-0.1, -0.05) is 29.8 Å². The van der Waals surface area contributed by atoms with Crippen LogP contribution in [0.25, 0.3) is 11.5 Å². The molecule has 5 heteroatoms. The molecule has 0 amide bonds. The van der Waals surface area contributed by atoms with E-state index in [0.717, 1.165) is 11.3 Å². The summed E-state index contributed by atoms with van der Waals surface area (Å²) < 4.78 is 11.0. The van der Waals surface area contributed by atoms with E-state index in [1.54, 1.807) is 7.11 Å². The van der Waals surface area contributed by atoms with Crippen LogP contribution < -0.4 is 10.1 Å². The van der Waals surface area contributed by atoms with Gasteiger partial charge >= 0.3 is 0 Å². The second-order valence-corrected chi connectivity index (χ2v) is 6.84. The molecular weight excluding hydrogens is 326 g/mol. The summed E-state index contributed by atoms with van der Waals surface area (Å²) in [6, 6.07) is 16.7. The third-order valence-electron chi connectivity index (χ3n) is 4.81. The number of hydrogen-bond donors (Lipinski definition) is 1. The van der Waals surface area contributed by atoms with E-state index in [-0.39, 0.29) is 0 Å². The summed E-state index contributed by atoms with van der Waals surface area (Å²) in [5.41, 5.74) is 3.50. The van der Waals surface area contributed by atoms with Gasteiger partial charge in [0.15, 0.2) is 0 Å². The molecule has 1 aromatic heterocycles. The standard InChI is InChI=1S/C21H23N3O2/c1-14-3-5-15(6-4-14)20(16-7-8-16)22-13-19-23-24-21(26-19)17-9-11-18(25-2)12-10-17/h3-6,9-12,16,20,22H,7-8,13H2,1-2H3. The van der Waals surface area contributed by atoms with Crippen LogP contribution in [0, 0.1) is 12.8 Å².